The molecular formula is C12H8Cl2N2O3. The van der Waals surface area contributed by atoms with E-state index in [1.807, 2.05) is 0 Å². The fourth-order valence-electron chi connectivity index (χ4n) is 1.55. The number of benzene rings is 1. The minimum absolute atomic E-state index is 0.126. The Morgan fingerprint density at radius 3 is 2.53 bits per heavy atom. The van der Waals surface area contributed by atoms with E-state index >= 15 is 0 Å². The van der Waals surface area contributed by atoms with Gasteiger partial charge in [0.25, 0.3) is 5.69 Å². The lowest BCUT2D eigenvalue weighted by molar-refractivity contribution is -0.384. The molecule has 98 valence electrons. The predicted octanol–water partition coefficient (Wildman–Crippen LogP) is 3.97. The SMILES string of the molecule is COc1ccc([N+](=O)[O-])c(-c2ccc(Cl)c(Cl)c2)n1. The average molecular weight is 299 g/mol. The highest BCUT2D eigenvalue weighted by Gasteiger charge is 2.18. The number of pyridine rings is 1. The van der Waals surface area contributed by atoms with E-state index < -0.39 is 4.92 Å². The molecule has 0 fully saturated rings. The van der Waals surface area contributed by atoms with Crippen LogP contribution in [0.1, 0.15) is 0 Å². The van der Waals surface area contributed by atoms with Crippen molar-refractivity contribution in [3.63, 3.8) is 0 Å². The third-order valence-corrected chi connectivity index (χ3v) is 3.19. The van der Waals surface area contributed by atoms with Crippen molar-refractivity contribution >= 4 is 28.9 Å². The predicted molar refractivity (Wildman–Crippen MR) is 72.9 cm³/mol. The van der Waals surface area contributed by atoms with Crippen LogP contribution in [0.5, 0.6) is 5.88 Å². The van der Waals surface area contributed by atoms with Crippen molar-refractivity contribution in [3.8, 4) is 17.1 Å². The van der Waals surface area contributed by atoms with Crippen LogP contribution < -0.4 is 4.74 Å². The van der Waals surface area contributed by atoms with Crippen LogP contribution in [-0.2, 0) is 0 Å². The van der Waals surface area contributed by atoms with Gasteiger partial charge in [0.1, 0.15) is 0 Å². The zero-order chi connectivity index (χ0) is 14.0. The van der Waals surface area contributed by atoms with Gasteiger partial charge in [0.15, 0.2) is 5.69 Å². The summed E-state index contributed by atoms with van der Waals surface area (Å²) >= 11 is 11.7. The fraction of sp³-hybridized carbons (Fsp3) is 0.0833. The number of methoxy groups -OCH3 is 1. The summed E-state index contributed by atoms with van der Waals surface area (Å²) in [5.41, 5.74) is 0.558. The molecule has 0 aliphatic heterocycles. The van der Waals surface area contributed by atoms with E-state index in [1.165, 1.54) is 25.3 Å². The van der Waals surface area contributed by atoms with E-state index in [9.17, 15) is 10.1 Å². The fourth-order valence-corrected chi connectivity index (χ4v) is 1.85. The van der Waals surface area contributed by atoms with Gasteiger partial charge in [-0.05, 0) is 12.1 Å². The summed E-state index contributed by atoms with van der Waals surface area (Å²) in [5.74, 6) is 0.284. The Morgan fingerprint density at radius 1 is 1.21 bits per heavy atom. The normalized spacial score (nSPS) is 10.3. The van der Waals surface area contributed by atoms with Crippen LogP contribution >= 0.6 is 23.2 Å². The van der Waals surface area contributed by atoms with Gasteiger partial charge in [0, 0.05) is 17.7 Å². The van der Waals surface area contributed by atoms with Gasteiger partial charge < -0.3 is 4.74 Å². The first-order valence-corrected chi connectivity index (χ1v) is 5.93. The Hall–Kier alpha value is -1.85. The van der Waals surface area contributed by atoms with Gasteiger partial charge in [-0.3, -0.25) is 10.1 Å². The van der Waals surface area contributed by atoms with Crippen molar-refractivity contribution in [3.05, 3.63) is 50.5 Å². The molecule has 1 heterocycles. The molecule has 19 heavy (non-hydrogen) atoms. The molecule has 2 rings (SSSR count). The minimum atomic E-state index is -0.510. The zero-order valence-electron chi connectivity index (χ0n) is 9.76. The van der Waals surface area contributed by atoms with E-state index in [4.69, 9.17) is 27.9 Å². The lowest BCUT2D eigenvalue weighted by Gasteiger charge is -2.06. The molecule has 0 saturated carbocycles. The largest absolute Gasteiger partial charge is 0.481 e. The molecule has 1 aromatic heterocycles. The summed E-state index contributed by atoms with van der Waals surface area (Å²) < 4.78 is 4.97. The summed E-state index contributed by atoms with van der Waals surface area (Å²) in [5, 5.41) is 11.7. The summed E-state index contributed by atoms with van der Waals surface area (Å²) in [7, 11) is 1.44. The molecule has 0 N–H and O–H groups in total. The number of aromatic nitrogens is 1. The molecule has 2 aromatic rings. The van der Waals surface area contributed by atoms with Crippen molar-refractivity contribution in [2.24, 2.45) is 0 Å². The highest BCUT2D eigenvalue weighted by atomic mass is 35.5. The zero-order valence-corrected chi connectivity index (χ0v) is 11.3. The van der Waals surface area contributed by atoms with Gasteiger partial charge in [-0.2, -0.15) is 0 Å². The second-order valence-corrected chi connectivity index (χ2v) is 4.42. The molecule has 0 atom stereocenters. The van der Waals surface area contributed by atoms with Crippen LogP contribution in [0.4, 0.5) is 5.69 Å². The van der Waals surface area contributed by atoms with Gasteiger partial charge in [-0.25, -0.2) is 4.98 Å². The first-order valence-electron chi connectivity index (χ1n) is 5.18. The van der Waals surface area contributed by atoms with Crippen molar-refractivity contribution < 1.29 is 9.66 Å². The number of halogens is 2. The molecule has 0 radical (unpaired) electrons. The average Bonchev–Trinajstić information content (AvgIpc) is 2.41. The quantitative estimate of drug-likeness (QED) is 0.635. The maximum atomic E-state index is 11.0. The second kappa shape index (κ2) is 5.42. The Kier molecular flexibility index (Phi) is 3.87. The van der Waals surface area contributed by atoms with E-state index in [0.29, 0.717) is 15.6 Å². The number of nitro groups is 1. The summed E-state index contributed by atoms with van der Waals surface area (Å²) in [6, 6.07) is 7.47. The molecule has 1 aromatic carbocycles. The van der Waals surface area contributed by atoms with Crippen LogP contribution in [0.25, 0.3) is 11.3 Å². The molecule has 7 heteroatoms. The molecule has 0 aliphatic carbocycles. The van der Waals surface area contributed by atoms with Crippen molar-refractivity contribution in [2.75, 3.05) is 7.11 Å². The highest BCUT2D eigenvalue weighted by Crippen LogP contribution is 2.33. The molecule has 0 saturated heterocycles. The minimum Gasteiger partial charge on any atom is -0.481 e. The summed E-state index contributed by atoms with van der Waals surface area (Å²) in [6.45, 7) is 0. The number of nitrogens with zero attached hydrogens (tertiary/aromatic N) is 2. The number of hydrogen-bond donors (Lipinski definition) is 0. The molecule has 0 aliphatic rings. The topological polar surface area (TPSA) is 65.3 Å². The third kappa shape index (κ3) is 2.77. The number of hydrogen-bond acceptors (Lipinski definition) is 4. The Morgan fingerprint density at radius 2 is 1.95 bits per heavy atom. The Labute approximate surface area is 118 Å². The lowest BCUT2D eigenvalue weighted by atomic mass is 10.1. The number of ether oxygens (including phenoxy) is 1. The standard InChI is InChI=1S/C12H8Cl2N2O3/c1-19-11-5-4-10(16(17)18)12(15-11)7-2-3-8(13)9(14)6-7/h2-6H,1H3. The van der Waals surface area contributed by atoms with Crippen molar-refractivity contribution in [1.29, 1.82) is 0 Å². The van der Waals surface area contributed by atoms with E-state index in [-0.39, 0.29) is 17.3 Å². The smallest absolute Gasteiger partial charge is 0.295 e. The van der Waals surface area contributed by atoms with Crippen molar-refractivity contribution in [1.82, 2.24) is 4.98 Å². The molecule has 0 spiro atoms. The van der Waals surface area contributed by atoms with Crippen LogP contribution in [-0.4, -0.2) is 17.0 Å². The molecular weight excluding hydrogens is 291 g/mol. The summed E-state index contributed by atoms with van der Waals surface area (Å²) in [6.07, 6.45) is 0. The maximum absolute atomic E-state index is 11.0. The molecule has 0 bridgehead atoms. The van der Waals surface area contributed by atoms with E-state index in [1.54, 1.807) is 12.1 Å². The van der Waals surface area contributed by atoms with Crippen LogP contribution in [0, 0.1) is 10.1 Å². The Balaban J connectivity index is 2.64. The molecule has 5 nitrogen and oxygen atoms in total. The van der Waals surface area contributed by atoms with Gasteiger partial charge in [0.2, 0.25) is 5.88 Å². The van der Waals surface area contributed by atoms with Crippen LogP contribution in [0.15, 0.2) is 30.3 Å². The third-order valence-electron chi connectivity index (χ3n) is 2.45. The van der Waals surface area contributed by atoms with Crippen molar-refractivity contribution in [2.45, 2.75) is 0 Å². The summed E-state index contributed by atoms with van der Waals surface area (Å²) in [4.78, 5) is 14.6. The van der Waals surface area contributed by atoms with E-state index in [2.05, 4.69) is 4.98 Å². The van der Waals surface area contributed by atoms with Crippen LogP contribution in [0.3, 0.4) is 0 Å². The van der Waals surface area contributed by atoms with Gasteiger partial charge >= 0.3 is 0 Å². The van der Waals surface area contributed by atoms with Gasteiger partial charge in [-0.15, -0.1) is 0 Å². The first kappa shape index (κ1) is 13.6. The van der Waals surface area contributed by atoms with Crippen LogP contribution in [0.2, 0.25) is 10.0 Å². The first-order chi connectivity index (χ1) is 9.02. The van der Waals surface area contributed by atoms with Gasteiger partial charge in [-0.1, -0.05) is 29.3 Å². The number of rotatable bonds is 3. The monoisotopic (exact) mass is 298 g/mol. The lowest BCUT2D eigenvalue weighted by Crippen LogP contribution is -1.97. The highest BCUT2D eigenvalue weighted by molar-refractivity contribution is 6.42. The second-order valence-electron chi connectivity index (χ2n) is 3.61. The van der Waals surface area contributed by atoms with E-state index in [0.717, 1.165) is 0 Å². The Bertz CT molecular complexity index is 647. The molecule has 0 unspecified atom stereocenters. The maximum Gasteiger partial charge on any atom is 0.295 e. The van der Waals surface area contributed by atoms with Gasteiger partial charge in [0.05, 0.1) is 22.1 Å². The molecule has 0 amide bonds.